The maximum atomic E-state index is 14.2. The van der Waals surface area contributed by atoms with Crippen LogP contribution in [-0.2, 0) is 6.54 Å². The summed E-state index contributed by atoms with van der Waals surface area (Å²) in [6.07, 6.45) is 1.84. The summed E-state index contributed by atoms with van der Waals surface area (Å²) in [6.45, 7) is 4.68. The molecule has 0 aliphatic carbocycles. The molecule has 0 bridgehead atoms. The average molecular weight is 295 g/mol. The first-order valence-corrected chi connectivity index (χ1v) is 7.69. The van der Waals surface area contributed by atoms with Gasteiger partial charge in [0.1, 0.15) is 5.82 Å². The number of H-pyrrole nitrogens is 1. The highest BCUT2D eigenvalue weighted by molar-refractivity contribution is 5.78. The van der Waals surface area contributed by atoms with Crippen molar-refractivity contribution in [2.24, 2.45) is 0 Å². The van der Waals surface area contributed by atoms with Crippen LogP contribution < -0.4 is 0 Å². The zero-order valence-electron chi connectivity index (χ0n) is 12.5. The Morgan fingerprint density at radius 2 is 2.23 bits per heavy atom. The number of rotatable bonds is 2. The van der Waals surface area contributed by atoms with Crippen LogP contribution in [0.4, 0.5) is 4.39 Å². The van der Waals surface area contributed by atoms with Crippen molar-refractivity contribution in [3.05, 3.63) is 65.1 Å². The van der Waals surface area contributed by atoms with E-state index in [0.717, 1.165) is 35.1 Å². The van der Waals surface area contributed by atoms with Crippen molar-refractivity contribution >= 4 is 10.9 Å². The molecule has 0 amide bonds. The van der Waals surface area contributed by atoms with Crippen LogP contribution in [0.2, 0.25) is 0 Å². The van der Waals surface area contributed by atoms with E-state index in [-0.39, 0.29) is 11.7 Å². The molecule has 0 saturated carbocycles. The zero-order valence-corrected chi connectivity index (χ0v) is 12.5. The smallest absolute Gasteiger partial charge is 0.127 e. The molecule has 1 aromatic heterocycles. The molecule has 112 valence electrons. The topological polar surface area (TPSA) is 31.9 Å². The van der Waals surface area contributed by atoms with Gasteiger partial charge >= 0.3 is 0 Å². The number of fused-ring (bicyclic) bond motifs is 2. The number of nitrogens with zero attached hydrogens (tertiary/aromatic N) is 2. The molecular weight excluding hydrogens is 277 g/mol. The number of likely N-dealkylation sites (N-methyl/N-ethyl adjacent to an activating group) is 1. The van der Waals surface area contributed by atoms with Gasteiger partial charge in [0.15, 0.2) is 0 Å². The van der Waals surface area contributed by atoms with Crippen LogP contribution >= 0.6 is 0 Å². The Balaban J connectivity index is 1.84. The number of aromatic amines is 1. The van der Waals surface area contributed by atoms with Crippen molar-refractivity contribution < 1.29 is 4.39 Å². The molecule has 1 aliphatic heterocycles. The third kappa shape index (κ3) is 2.11. The second kappa shape index (κ2) is 5.21. The minimum Gasteiger partial charge on any atom is -0.298 e. The lowest BCUT2D eigenvalue weighted by Gasteiger charge is -2.34. The summed E-state index contributed by atoms with van der Waals surface area (Å²) in [5.74, 6) is 0.115. The summed E-state index contributed by atoms with van der Waals surface area (Å²) in [6, 6.07) is 11.8. The van der Waals surface area contributed by atoms with Gasteiger partial charge in [0.2, 0.25) is 0 Å². The number of hydrogen-bond donors (Lipinski definition) is 1. The van der Waals surface area contributed by atoms with Crippen LogP contribution in [0.5, 0.6) is 0 Å². The van der Waals surface area contributed by atoms with Gasteiger partial charge in [-0.2, -0.15) is 5.10 Å². The quantitative estimate of drug-likeness (QED) is 0.782. The van der Waals surface area contributed by atoms with Crippen molar-refractivity contribution in [3.8, 4) is 0 Å². The van der Waals surface area contributed by atoms with Gasteiger partial charge in [-0.3, -0.25) is 10.00 Å². The standard InChI is InChI=1S/C18H18FN3/c1-2-22-10-15(14-4-3-5-17(19)16(14)11-22)12-6-7-18-13(8-12)9-20-21-18/h3-9,15H,2,10-11H2,1H3,(H,20,21). The summed E-state index contributed by atoms with van der Waals surface area (Å²) in [7, 11) is 0. The van der Waals surface area contributed by atoms with Crippen LogP contribution in [0.15, 0.2) is 42.6 Å². The lowest BCUT2D eigenvalue weighted by atomic mass is 9.84. The van der Waals surface area contributed by atoms with Gasteiger partial charge in [0.25, 0.3) is 0 Å². The van der Waals surface area contributed by atoms with Crippen molar-refractivity contribution in [3.63, 3.8) is 0 Å². The van der Waals surface area contributed by atoms with Gasteiger partial charge in [0.05, 0.1) is 11.7 Å². The fourth-order valence-electron chi connectivity index (χ4n) is 3.42. The lowest BCUT2D eigenvalue weighted by Crippen LogP contribution is -2.34. The Bertz CT molecular complexity index is 824. The first-order valence-electron chi connectivity index (χ1n) is 7.69. The largest absolute Gasteiger partial charge is 0.298 e. The van der Waals surface area contributed by atoms with E-state index >= 15 is 0 Å². The number of benzene rings is 2. The summed E-state index contributed by atoms with van der Waals surface area (Å²) in [4.78, 5) is 2.30. The number of halogens is 1. The predicted octanol–water partition coefficient (Wildman–Crippen LogP) is 3.67. The van der Waals surface area contributed by atoms with Gasteiger partial charge in [0, 0.05) is 30.0 Å². The van der Waals surface area contributed by atoms with E-state index in [1.54, 1.807) is 6.07 Å². The summed E-state index contributed by atoms with van der Waals surface area (Å²) in [5, 5.41) is 8.16. The molecule has 3 nitrogen and oxygen atoms in total. The van der Waals surface area contributed by atoms with Crippen molar-refractivity contribution in [1.82, 2.24) is 15.1 Å². The first-order chi connectivity index (χ1) is 10.8. The van der Waals surface area contributed by atoms with Crippen LogP contribution in [0.25, 0.3) is 10.9 Å². The van der Waals surface area contributed by atoms with Gasteiger partial charge in [-0.1, -0.05) is 25.1 Å². The second-order valence-corrected chi connectivity index (χ2v) is 5.90. The molecule has 1 atom stereocenters. The number of hydrogen-bond acceptors (Lipinski definition) is 2. The van der Waals surface area contributed by atoms with E-state index in [1.807, 2.05) is 12.3 Å². The SMILES string of the molecule is CCN1Cc2c(F)cccc2C(c2ccc3[nH]ncc3c2)C1. The van der Waals surface area contributed by atoms with Crippen LogP contribution in [0, 0.1) is 5.82 Å². The minimum atomic E-state index is -0.0926. The molecule has 0 radical (unpaired) electrons. The molecule has 0 fully saturated rings. The van der Waals surface area contributed by atoms with E-state index in [2.05, 4.69) is 46.3 Å². The van der Waals surface area contributed by atoms with Crippen LogP contribution in [-0.4, -0.2) is 28.2 Å². The van der Waals surface area contributed by atoms with E-state index in [1.165, 1.54) is 5.56 Å². The Hall–Kier alpha value is -2.20. The van der Waals surface area contributed by atoms with Gasteiger partial charge < -0.3 is 0 Å². The van der Waals surface area contributed by atoms with E-state index in [0.29, 0.717) is 6.54 Å². The molecule has 4 heteroatoms. The van der Waals surface area contributed by atoms with Gasteiger partial charge in [-0.25, -0.2) is 4.39 Å². The molecular formula is C18H18FN3. The fraction of sp³-hybridized carbons (Fsp3) is 0.278. The average Bonchev–Trinajstić information content (AvgIpc) is 3.02. The zero-order chi connectivity index (χ0) is 15.1. The minimum absolute atomic E-state index is 0.0926. The summed E-state index contributed by atoms with van der Waals surface area (Å²) >= 11 is 0. The molecule has 2 aromatic carbocycles. The van der Waals surface area contributed by atoms with E-state index in [9.17, 15) is 4.39 Å². The van der Waals surface area contributed by atoms with Gasteiger partial charge in [-0.05, 0) is 35.9 Å². The fourth-order valence-corrected chi connectivity index (χ4v) is 3.42. The maximum absolute atomic E-state index is 14.2. The summed E-state index contributed by atoms with van der Waals surface area (Å²) in [5.41, 5.74) is 4.21. The molecule has 0 spiro atoms. The van der Waals surface area contributed by atoms with E-state index in [4.69, 9.17) is 0 Å². The van der Waals surface area contributed by atoms with Crippen molar-refractivity contribution in [2.75, 3.05) is 13.1 Å². The first kappa shape index (κ1) is 13.5. The van der Waals surface area contributed by atoms with Crippen molar-refractivity contribution in [2.45, 2.75) is 19.4 Å². The summed E-state index contributed by atoms with van der Waals surface area (Å²) < 4.78 is 14.2. The van der Waals surface area contributed by atoms with Crippen molar-refractivity contribution in [1.29, 1.82) is 0 Å². The van der Waals surface area contributed by atoms with Crippen LogP contribution in [0.3, 0.4) is 0 Å². The normalized spacial score (nSPS) is 18.5. The molecule has 2 heterocycles. The highest BCUT2D eigenvalue weighted by Crippen LogP contribution is 2.35. The van der Waals surface area contributed by atoms with E-state index < -0.39 is 0 Å². The predicted molar refractivity (Wildman–Crippen MR) is 85.3 cm³/mol. The highest BCUT2D eigenvalue weighted by atomic mass is 19.1. The second-order valence-electron chi connectivity index (χ2n) is 5.90. The van der Waals surface area contributed by atoms with Gasteiger partial charge in [-0.15, -0.1) is 0 Å². The Kier molecular flexibility index (Phi) is 3.19. The third-order valence-electron chi connectivity index (χ3n) is 4.67. The molecule has 22 heavy (non-hydrogen) atoms. The third-order valence-corrected chi connectivity index (χ3v) is 4.67. The molecule has 1 aliphatic rings. The Morgan fingerprint density at radius 1 is 1.32 bits per heavy atom. The Morgan fingerprint density at radius 3 is 3.09 bits per heavy atom. The number of aromatic nitrogens is 2. The number of nitrogens with one attached hydrogen (secondary N) is 1. The lowest BCUT2D eigenvalue weighted by molar-refractivity contribution is 0.248. The molecule has 3 aromatic rings. The molecule has 4 rings (SSSR count). The Labute approximate surface area is 128 Å². The molecule has 0 saturated heterocycles. The van der Waals surface area contributed by atoms with Crippen LogP contribution in [0.1, 0.15) is 29.5 Å². The monoisotopic (exact) mass is 295 g/mol. The molecule has 1 unspecified atom stereocenters. The maximum Gasteiger partial charge on any atom is 0.127 e. The molecule has 1 N–H and O–H groups in total. The highest BCUT2D eigenvalue weighted by Gasteiger charge is 2.27.